The summed E-state index contributed by atoms with van der Waals surface area (Å²) in [6.07, 6.45) is -1.23. The number of rotatable bonds is 10. The molecule has 44 heavy (non-hydrogen) atoms. The zero-order chi connectivity index (χ0) is 30.8. The smallest absolute Gasteiger partial charge is 0.226 e. The van der Waals surface area contributed by atoms with E-state index < -0.39 is 45.1 Å². The van der Waals surface area contributed by atoms with Crippen LogP contribution in [0.4, 0.5) is 4.39 Å². The predicted molar refractivity (Wildman–Crippen MR) is 161 cm³/mol. The number of aromatic nitrogens is 4. The Hall–Kier alpha value is -3.26. The minimum absolute atomic E-state index is 0.250. The van der Waals surface area contributed by atoms with Gasteiger partial charge in [0, 0.05) is 11.1 Å². The summed E-state index contributed by atoms with van der Waals surface area (Å²) in [5.74, 6) is 0.341. The van der Waals surface area contributed by atoms with Crippen LogP contribution in [0.25, 0.3) is 11.3 Å². The summed E-state index contributed by atoms with van der Waals surface area (Å²) in [4.78, 5) is 4.67. The number of aliphatic hydroxyl groups is 1. The van der Waals surface area contributed by atoms with Crippen molar-refractivity contribution in [2.24, 2.45) is 0 Å². The first-order valence-electron chi connectivity index (χ1n) is 15.3. The molecule has 2 aromatic heterocycles. The highest BCUT2D eigenvalue weighted by Crippen LogP contribution is 2.47. The minimum atomic E-state index is -2.27. The van der Waals surface area contributed by atoms with Crippen molar-refractivity contribution in [3.8, 4) is 11.3 Å². The van der Waals surface area contributed by atoms with E-state index in [4.69, 9.17) is 23.1 Å². The van der Waals surface area contributed by atoms with Gasteiger partial charge in [0.15, 0.2) is 26.5 Å². The molecule has 4 aromatic rings. The van der Waals surface area contributed by atoms with Crippen LogP contribution in [0.15, 0.2) is 65.2 Å². The molecule has 2 saturated heterocycles. The molecule has 2 aliphatic rings. The Kier molecular flexibility index (Phi) is 9.08. The zero-order valence-electron chi connectivity index (χ0n) is 25.4. The van der Waals surface area contributed by atoms with E-state index >= 15 is 0 Å². The highest BCUT2D eigenvalue weighted by Gasteiger charge is 2.55. The van der Waals surface area contributed by atoms with Crippen molar-refractivity contribution in [2.45, 2.75) is 89.2 Å². The number of oxazole rings is 1. The summed E-state index contributed by atoms with van der Waals surface area (Å²) in [5, 5.41) is 18.9. The van der Waals surface area contributed by atoms with Gasteiger partial charge in [-0.25, -0.2) is 14.1 Å². The van der Waals surface area contributed by atoms with Crippen molar-refractivity contribution in [3.05, 3.63) is 89.5 Å². The molecule has 234 valence electrons. The van der Waals surface area contributed by atoms with E-state index in [9.17, 15) is 9.50 Å². The number of aliphatic hydroxyl groups excluding tert-OH is 1. The molecule has 0 spiro atoms. The molecule has 4 heterocycles. The number of halogens is 1. The number of nitrogens with zero attached hydrogens (tertiary/aromatic N) is 4. The number of hydrogen-bond donors (Lipinski definition) is 1. The van der Waals surface area contributed by atoms with Crippen molar-refractivity contribution in [3.63, 3.8) is 0 Å². The molecular weight excluding hydrogens is 583 g/mol. The van der Waals surface area contributed by atoms with Crippen LogP contribution < -0.4 is 0 Å². The lowest BCUT2D eigenvalue weighted by Gasteiger charge is -2.50. The van der Waals surface area contributed by atoms with E-state index in [1.807, 2.05) is 30.3 Å². The highest BCUT2D eigenvalue weighted by molar-refractivity contribution is 6.73. The number of fused-ring (bicyclic) bond motifs is 1. The topological polar surface area (TPSA) is 114 Å². The molecule has 2 fully saturated rings. The quantitative estimate of drug-likeness (QED) is 0.211. The number of hydrogen-bond acceptors (Lipinski definition) is 9. The van der Waals surface area contributed by atoms with Crippen LogP contribution in [-0.4, -0.2) is 58.3 Å². The highest BCUT2D eigenvalue weighted by atomic mass is 28.4. The SMILES string of the molecule is CC[Si](CC)(CC)OC1[C@@H](n2cc(-c3cccc(F)c3)nn2)[C@H]2O[C@@H](c3ccccc3)OC[C@H]2O[C@H]1c1nc(C)c(CO)o1. The first-order chi connectivity index (χ1) is 21.4. The molecule has 6 atom stereocenters. The number of aryl methyl sites for hydroxylation is 1. The van der Waals surface area contributed by atoms with Crippen LogP contribution in [0, 0.1) is 12.7 Å². The molecule has 1 unspecified atom stereocenters. The fraction of sp³-hybridized carbons (Fsp3) is 0.469. The van der Waals surface area contributed by atoms with Crippen LogP contribution in [0.3, 0.4) is 0 Å². The fourth-order valence-corrected chi connectivity index (χ4v) is 9.06. The summed E-state index contributed by atoms with van der Waals surface area (Å²) in [7, 11) is -2.27. The second-order valence-corrected chi connectivity index (χ2v) is 16.1. The van der Waals surface area contributed by atoms with Gasteiger partial charge in [-0.15, -0.1) is 5.10 Å². The largest absolute Gasteiger partial charge is 0.440 e. The molecule has 0 aliphatic carbocycles. The number of benzene rings is 2. The molecule has 0 radical (unpaired) electrons. The van der Waals surface area contributed by atoms with Gasteiger partial charge in [0.2, 0.25) is 5.89 Å². The monoisotopic (exact) mass is 622 g/mol. The Bertz CT molecular complexity index is 1540. The molecule has 10 nitrogen and oxygen atoms in total. The lowest BCUT2D eigenvalue weighted by atomic mass is 9.91. The standard InChI is InChI=1S/C32H39FN4O6Si/c1-5-44(6-2,7-3)43-29-27(37-17-24(35-36-37)22-14-11-15-23(33)16-22)28-26(19-39-32(42-28)21-12-9-8-10-13-21)40-30(29)31-34-20(4)25(18-38)41-31/h8-17,26-30,32,38H,5-7,18-19H2,1-4H3/t26-,27+,28+,29?,30-,32+/m1/s1. The Morgan fingerprint density at radius 3 is 2.50 bits per heavy atom. The Balaban J connectivity index is 1.47. The van der Waals surface area contributed by atoms with Gasteiger partial charge < -0.3 is 28.2 Å². The van der Waals surface area contributed by atoms with E-state index in [1.165, 1.54) is 12.1 Å². The van der Waals surface area contributed by atoms with Crippen LogP contribution >= 0.6 is 0 Å². The van der Waals surface area contributed by atoms with Crippen molar-refractivity contribution in [2.75, 3.05) is 6.61 Å². The molecule has 12 heteroatoms. The Labute approximate surface area is 257 Å². The first-order valence-corrected chi connectivity index (χ1v) is 17.8. The van der Waals surface area contributed by atoms with Gasteiger partial charge in [0.1, 0.15) is 42.5 Å². The third-order valence-corrected chi connectivity index (χ3v) is 13.6. The van der Waals surface area contributed by atoms with Crippen LogP contribution in [0.5, 0.6) is 0 Å². The average Bonchev–Trinajstić information content (AvgIpc) is 3.70. The first kappa shape index (κ1) is 30.7. The summed E-state index contributed by atoms with van der Waals surface area (Å²) < 4.78 is 48.8. The second-order valence-electron chi connectivity index (χ2n) is 11.4. The molecule has 0 saturated carbocycles. The lowest BCUT2D eigenvalue weighted by Crippen LogP contribution is -2.59. The minimum Gasteiger partial charge on any atom is -0.440 e. The van der Waals surface area contributed by atoms with Gasteiger partial charge >= 0.3 is 0 Å². The van der Waals surface area contributed by atoms with E-state index in [2.05, 4.69) is 36.1 Å². The summed E-state index contributed by atoms with van der Waals surface area (Å²) >= 11 is 0. The summed E-state index contributed by atoms with van der Waals surface area (Å²) in [6.45, 7) is 8.27. The molecule has 1 N–H and O–H groups in total. The third-order valence-electron chi connectivity index (χ3n) is 8.98. The van der Waals surface area contributed by atoms with Crippen molar-refractivity contribution in [1.82, 2.24) is 20.0 Å². The molecule has 0 bridgehead atoms. The van der Waals surface area contributed by atoms with Gasteiger partial charge in [-0.3, -0.25) is 0 Å². The molecular formula is C32H39FN4O6Si. The summed E-state index contributed by atoms with van der Waals surface area (Å²) in [5.41, 5.74) is 2.61. The molecule has 0 amide bonds. The van der Waals surface area contributed by atoms with Crippen molar-refractivity contribution < 1.29 is 32.6 Å². The average molecular weight is 623 g/mol. The lowest BCUT2D eigenvalue weighted by molar-refractivity contribution is -0.318. The maximum Gasteiger partial charge on any atom is 0.226 e. The zero-order valence-corrected chi connectivity index (χ0v) is 26.4. The van der Waals surface area contributed by atoms with Crippen LogP contribution in [0.2, 0.25) is 18.1 Å². The van der Waals surface area contributed by atoms with Crippen LogP contribution in [0.1, 0.15) is 62.1 Å². The Morgan fingerprint density at radius 1 is 1.05 bits per heavy atom. The third kappa shape index (κ3) is 5.89. The van der Waals surface area contributed by atoms with E-state index in [0.717, 1.165) is 23.7 Å². The number of ether oxygens (including phenoxy) is 3. The van der Waals surface area contributed by atoms with Crippen molar-refractivity contribution >= 4 is 8.32 Å². The van der Waals surface area contributed by atoms with Gasteiger partial charge in [-0.1, -0.05) is 68.4 Å². The van der Waals surface area contributed by atoms with Gasteiger partial charge in [-0.2, -0.15) is 0 Å². The summed E-state index contributed by atoms with van der Waals surface area (Å²) in [6, 6.07) is 18.2. The van der Waals surface area contributed by atoms with Crippen molar-refractivity contribution in [1.29, 1.82) is 0 Å². The van der Waals surface area contributed by atoms with E-state index in [-0.39, 0.29) is 19.0 Å². The predicted octanol–water partition coefficient (Wildman–Crippen LogP) is 6.06. The van der Waals surface area contributed by atoms with Gasteiger partial charge in [0.25, 0.3) is 0 Å². The second kappa shape index (κ2) is 13.0. The maximum atomic E-state index is 14.2. The maximum absolute atomic E-state index is 14.2. The van der Waals surface area contributed by atoms with Gasteiger partial charge in [0.05, 0.1) is 18.5 Å². The normalized spacial score (nSPS) is 25.6. The molecule has 2 aliphatic heterocycles. The fourth-order valence-electron chi connectivity index (χ4n) is 6.22. The van der Waals surface area contributed by atoms with E-state index in [0.29, 0.717) is 28.6 Å². The Morgan fingerprint density at radius 2 is 1.82 bits per heavy atom. The molecule has 6 rings (SSSR count). The van der Waals surface area contributed by atoms with E-state index in [1.54, 1.807) is 29.9 Å². The molecule has 2 aromatic carbocycles. The van der Waals surface area contributed by atoms with Gasteiger partial charge in [-0.05, 0) is 37.2 Å². The van der Waals surface area contributed by atoms with Crippen LogP contribution in [-0.2, 0) is 25.2 Å².